The van der Waals surface area contributed by atoms with Crippen LogP contribution in [0.2, 0.25) is 0 Å². The molecule has 0 radical (unpaired) electrons. The molecule has 4 aromatic rings. The molecule has 0 bridgehead atoms. The normalized spacial score (nSPS) is 10.7. The van der Waals surface area contributed by atoms with E-state index in [0.717, 1.165) is 16.3 Å². The summed E-state index contributed by atoms with van der Waals surface area (Å²) in [6.07, 6.45) is 0. The van der Waals surface area contributed by atoms with Gasteiger partial charge in [0, 0.05) is 20.2 Å². The number of aryl methyl sites for hydroxylation is 1. The van der Waals surface area contributed by atoms with Crippen LogP contribution in [0.5, 0.6) is 0 Å². The highest BCUT2D eigenvalue weighted by Gasteiger charge is 2.11. The quantitative estimate of drug-likeness (QED) is 0.356. The number of hydrogen-bond acceptors (Lipinski definition) is 3. The molecule has 0 fully saturated rings. The first-order valence-electron chi connectivity index (χ1n) is 8.82. The van der Waals surface area contributed by atoms with Crippen molar-refractivity contribution in [1.29, 1.82) is 0 Å². The lowest BCUT2D eigenvalue weighted by atomic mass is 10.1. The lowest BCUT2D eigenvalue weighted by Gasteiger charge is -2.11. The monoisotopic (exact) mass is 385 g/mol. The van der Waals surface area contributed by atoms with Gasteiger partial charge in [-0.3, -0.25) is 0 Å². The van der Waals surface area contributed by atoms with E-state index in [1.54, 1.807) is 23.5 Å². The van der Waals surface area contributed by atoms with Gasteiger partial charge < -0.3 is 0 Å². The predicted octanol–water partition coefficient (Wildman–Crippen LogP) is 7.36. The Balaban J connectivity index is 1.70. The number of rotatable bonds is 5. The van der Waals surface area contributed by atoms with E-state index < -0.39 is 0 Å². The molecule has 0 amide bonds. The van der Waals surface area contributed by atoms with Crippen molar-refractivity contribution in [3.8, 4) is 11.3 Å². The van der Waals surface area contributed by atoms with Crippen molar-refractivity contribution in [3.05, 3.63) is 103 Å². The third-order valence-corrected chi connectivity index (χ3v) is 6.10. The molecular formula is C24H19NS2. The molecule has 0 aliphatic carbocycles. The number of pyridine rings is 1. The molecule has 132 valence electrons. The Morgan fingerprint density at radius 3 is 1.93 bits per heavy atom. The van der Waals surface area contributed by atoms with Gasteiger partial charge in [0.1, 0.15) is 5.03 Å². The van der Waals surface area contributed by atoms with Crippen molar-refractivity contribution in [2.24, 2.45) is 0 Å². The number of nitrogens with zero attached hydrogens (tertiary/aromatic N) is 1. The van der Waals surface area contributed by atoms with Crippen molar-refractivity contribution in [2.45, 2.75) is 26.6 Å². The fraction of sp³-hybridized carbons (Fsp3) is 0.0417. The molecule has 1 aromatic heterocycles. The molecule has 3 heteroatoms. The van der Waals surface area contributed by atoms with Crippen LogP contribution >= 0.6 is 23.5 Å². The first kappa shape index (κ1) is 17.9. The summed E-state index contributed by atoms with van der Waals surface area (Å²) in [7, 11) is 0. The molecule has 0 saturated carbocycles. The number of benzene rings is 3. The molecule has 0 aliphatic rings. The maximum Gasteiger partial charge on any atom is 0.102 e. The van der Waals surface area contributed by atoms with Gasteiger partial charge in [-0.15, -0.1) is 0 Å². The molecular weight excluding hydrogens is 366 g/mol. The van der Waals surface area contributed by atoms with Gasteiger partial charge in [0.15, 0.2) is 0 Å². The summed E-state index contributed by atoms with van der Waals surface area (Å²) >= 11 is 3.45. The Labute approximate surface area is 168 Å². The van der Waals surface area contributed by atoms with E-state index in [2.05, 4.69) is 91.9 Å². The highest BCUT2D eigenvalue weighted by atomic mass is 32.2. The van der Waals surface area contributed by atoms with Crippen LogP contribution in [0.15, 0.2) is 117 Å². The highest BCUT2D eigenvalue weighted by molar-refractivity contribution is 7.99. The van der Waals surface area contributed by atoms with Gasteiger partial charge in [0.05, 0.1) is 5.69 Å². The van der Waals surface area contributed by atoms with Crippen LogP contribution in [0.4, 0.5) is 0 Å². The van der Waals surface area contributed by atoms with E-state index in [4.69, 9.17) is 4.98 Å². The van der Waals surface area contributed by atoms with Crippen molar-refractivity contribution >= 4 is 23.5 Å². The largest absolute Gasteiger partial charge is 0.240 e. The Hall–Kier alpha value is -2.49. The van der Waals surface area contributed by atoms with Gasteiger partial charge in [-0.25, -0.2) is 4.98 Å². The zero-order valence-electron chi connectivity index (χ0n) is 15.0. The summed E-state index contributed by atoms with van der Waals surface area (Å²) in [6.45, 7) is 2.11. The topological polar surface area (TPSA) is 12.9 Å². The van der Waals surface area contributed by atoms with E-state index in [1.807, 2.05) is 12.1 Å². The zero-order chi connectivity index (χ0) is 18.5. The van der Waals surface area contributed by atoms with E-state index in [9.17, 15) is 0 Å². The minimum Gasteiger partial charge on any atom is -0.240 e. The van der Waals surface area contributed by atoms with Crippen LogP contribution in [0, 0.1) is 6.92 Å². The van der Waals surface area contributed by atoms with E-state index in [1.165, 1.54) is 20.2 Å². The molecule has 0 spiro atoms. The van der Waals surface area contributed by atoms with Gasteiger partial charge in [0.2, 0.25) is 0 Å². The Morgan fingerprint density at radius 1 is 0.593 bits per heavy atom. The molecule has 4 rings (SSSR count). The summed E-state index contributed by atoms with van der Waals surface area (Å²) in [6, 6.07) is 33.7. The first-order valence-corrected chi connectivity index (χ1v) is 10.5. The third-order valence-electron chi connectivity index (χ3n) is 4.09. The van der Waals surface area contributed by atoms with Crippen molar-refractivity contribution in [2.75, 3.05) is 0 Å². The average molecular weight is 386 g/mol. The zero-order valence-corrected chi connectivity index (χ0v) is 16.6. The highest BCUT2D eigenvalue weighted by Crippen LogP contribution is 2.37. The van der Waals surface area contributed by atoms with Gasteiger partial charge in [-0.1, -0.05) is 89.8 Å². The van der Waals surface area contributed by atoms with Crippen molar-refractivity contribution < 1.29 is 0 Å². The molecule has 0 atom stereocenters. The lowest BCUT2D eigenvalue weighted by molar-refractivity contribution is 1.09. The van der Waals surface area contributed by atoms with Gasteiger partial charge in [-0.2, -0.15) is 0 Å². The van der Waals surface area contributed by atoms with Gasteiger partial charge in [-0.05, 0) is 43.3 Å². The Kier molecular flexibility index (Phi) is 5.61. The van der Waals surface area contributed by atoms with Gasteiger partial charge >= 0.3 is 0 Å². The first-order chi connectivity index (χ1) is 13.3. The average Bonchev–Trinajstić information content (AvgIpc) is 2.72. The van der Waals surface area contributed by atoms with Crippen LogP contribution < -0.4 is 0 Å². The summed E-state index contributed by atoms with van der Waals surface area (Å²) in [5.74, 6) is 0. The van der Waals surface area contributed by atoms with E-state index in [-0.39, 0.29) is 0 Å². The van der Waals surface area contributed by atoms with E-state index in [0.29, 0.717) is 0 Å². The molecule has 0 N–H and O–H groups in total. The minimum atomic E-state index is 1.01. The van der Waals surface area contributed by atoms with Crippen LogP contribution in [0.3, 0.4) is 0 Å². The maximum atomic E-state index is 4.99. The van der Waals surface area contributed by atoms with Crippen LogP contribution in [-0.4, -0.2) is 4.98 Å². The second kappa shape index (κ2) is 8.47. The van der Waals surface area contributed by atoms with Gasteiger partial charge in [0.25, 0.3) is 0 Å². The smallest absolute Gasteiger partial charge is 0.102 e. The summed E-state index contributed by atoms with van der Waals surface area (Å²) in [4.78, 5) is 8.59. The second-order valence-corrected chi connectivity index (χ2v) is 8.40. The Bertz CT molecular complexity index is 1010. The minimum absolute atomic E-state index is 1.01. The molecule has 1 nitrogen and oxygen atoms in total. The third kappa shape index (κ3) is 4.62. The van der Waals surface area contributed by atoms with E-state index >= 15 is 0 Å². The molecule has 0 saturated heterocycles. The van der Waals surface area contributed by atoms with Crippen molar-refractivity contribution in [1.82, 2.24) is 4.98 Å². The molecule has 3 aromatic carbocycles. The Morgan fingerprint density at radius 2 is 1.22 bits per heavy atom. The molecule has 27 heavy (non-hydrogen) atoms. The number of aromatic nitrogens is 1. The predicted molar refractivity (Wildman–Crippen MR) is 116 cm³/mol. The van der Waals surface area contributed by atoms with Crippen molar-refractivity contribution in [3.63, 3.8) is 0 Å². The summed E-state index contributed by atoms with van der Waals surface area (Å²) < 4.78 is 0. The summed E-state index contributed by atoms with van der Waals surface area (Å²) in [5, 5.41) is 1.01. The van der Waals surface area contributed by atoms with Crippen LogP contribution in [0.1, 0.15) is 5.56 Å². The maximum absolute atomic E-state index is 4.99. The summed E-state index contributed by atoms with van der Waals surface area (Å²) in [5.41, 5.74) is 3.44. The molecule has 0 aliphatic heterocycles. The fourth-order valence-electron chi connectivity index (χ4n) is 2.71. The molecule has 0 unspecified atom stereocenters. The SMILES string of the molecule is Cc1ccc(Sc2ccc(Sc3ccccc3)nc2-c2ccccc2)cc1. The number of hydrogen-bond donors (Lipinski definition) is 0. The standard InChI is InChI=1S/C24H19NS2/c1-18-12-14-21(15-13-18)26-22-16-17-23(27-20-10-6-3-7-11-20)25-24(22)19-8-4-2-5-9-19/h2-17H,1H3. The van der Waals surface area contributed by atoms with Crippen LogP contribution in [0.25, 0.3) is 11.3 Å². The lowest BCUT2D eigenvalue weighted by Crippen LogP contribution is -1.90. The molecule has 1 heterocycles. The fourth-order valence-corrected chi connectivity index (χ4v) is 4.44. The van der Waals surface area contributed by atoms with Crippen LogP contribution in [-0.2, 0) is 0 Å². The second-order valence-electron chi connectivity index (χ2n) is 6.19.